The molecule has 0 fully saturated rings. The molecule has 0 atom stereocenters. The average molecular weight is 292 g/mol. The number of carbonyl (C=O) groups excluding carboxylic acids is 1. The number of nitrogens with zero attached hydrogens (tertiary/aromatic N) is 2. The van der Waals surface area contributed by atoms with Crippen LogP contribution in [0.2, 0.25) is 0 Å². The van der Waals surface area contributed by atoms with Crippen LogP contribution in [0.5, 0.6) is 0 Å². The second kappa shape index (κ2) is 6.18. The number of halogens is 1. The monoisotopic (exact) mass is 292 g/mol. The molecule has 0 aliphatic rings. The minimum Gasteiger partial charge on any atom is -0.303 e. The molecule has 0 aliphatic carbocycles. The highest BCUT2D eigenvalue weighted by Crippen LogP contribution is 2.16. The molecule has 0 unspecified atom stereocenters. The summed E-state index contributed by atoms with van der Waals surface area (Å²) in [4.78, 5) is 15.9. The fraction of sp³-hybridized carbons (Fsp3) is 0. The Morgan fingerprint density at radius 3 is 2.64 bits per heavy atom. The molecule has 0 radical (unpaired) electrons. The first-order valence-electron chi connectivity index (χ1n) is 6.79. The van der Waals surface area contributed by atoms with E-state index in [0.29, 0.717) is 16.8 Å². The van der Waals surface area contributed by atoms with Crippen molar-refractivity contribution in [2.24, 2.45) is 0 Å². The van der Waals surface area contributed by atoms with Gasteiger partial charge in [0.25, 0.3) is 0 Å². The van der Waals surface area contributed by atoms with E-state index in [0.717, 1.165) is 0 Å². The van der Waals surface area contributed by atoms with E-state index in [1.165, 1.54) is 18.5 Å². The van der Waals surface area contributed by atoms with Crippen molar-refractivity contribution in [3.05, 3.63) is 90.3 Å². The van der Waals surface area contributed by atoms with E-state index in [1.54, 1.807) is 59.4 Å². The van der Waals surface area contributed by atoms with E-state index in [-0.39, 0.29) is 11.6 Å². The smallest absolute Gasteiger partial charge is 0.185 e. The summed E-state index contributed by atoms with van der Waals surface area (Å²) in [6, 6.07) is 13.8. The Balaban J connectivity index is 1.80. The zero-order valence-electron chi connectivity index (χ0n) is 11.7. The van der Waals surface area contributed by atoms with Crippen molar-refractivity contribution >= 4 is 11.9 Å². The molecular weight excluding hydrogens is 279 g/mol. The Kier molecular flexibility index (Phi) is 3.92. The molecule has 0 spiro atoms. The van der Waals surface area contributed by atoms with Crippen LogP contribution in [0, 0.1) is 5.82 Å². The fourth-order valence-electron chi connectivity index (χ4n) is 2.11. The molecule has 3 aromatic rings. The quantitative estimate of drug-likeness (QED) is 0.540. The predicted molar refractivity (Wildman–Crippen MR) is 83.3 cm³/mol. The lowest BCUT2D eigenvalue weighted by Gasteiger charge is -2.04. The van der Waals surface area contributed by atoms with Crippen molar-refractivity contribution in [2.75, 3.05) is 0 Å². The van der Waals surface area contributed by atoms with Gasteiger partial charge >= 0.3 is 0 Å². The third-order valence-electron chi connectivity index (χ3n) is 3.24. The molecule has 0 bridgehead atoms. The summed E-state index contributed by atoms with van der Waals surface area (Å²) in [7, 11) is 0. The second-order valence-electron chi connectivity index (χ2n) is 4.74. The van der Waals surface area contributed by atoms with Gasteiger partial charge in [-0.3, -0.25) is 4.79 Å². The maximum Gasteiger partial charge on any atom is 0.185 e. The zero-order valence-corrected chi connectivity index (χ0v) is 11.7. The second-order valence-corrected chi connectivity index (χ2v) is 4.74. The lowest BCUT2D eigenvalue weighted by Crippen LogP contribution is -1.95. The number of carbonyl (C=O) groups is 1. The summed E-state index contributed by atoms with van der Waals surface area (Å²) in [5, 5.41) is 0. The molecular formula is C18H13FN2O. The summed E-state index contributed by atoms with van der Waals surface area (Å²) in [6.45, 7) is 0. The van der Waals surface area contributed by atoms with Gasteiger partial charge in [0.2, 0.25) is 0 Å². The maximum absolute atomic E-state index is 14.1. The number of benzene rings is 2. The lowest BCUT2D eigenvalue weighted by molar-refractivity contribution is 0.104. The van der Waals surface area contributed by atoms with Crippen LogP contribution in [0.1, 0.15) is 15.9 Å². The Morgan fingerprint density at radius 1 is 1.14 bits per heavy atom. The van der Waals surface area contributed by atoms with Crippen LogP contribution in [0.4, 0.5) is 4.39 Å². The molecule has 2 aromatic carbocycles. The number of rotatable bonds is 4. The molecule has 22 heavy (non-hydrogen) atoms. The van der Waals surface area contributed by atoms with E-state index in [1.807, 2.05) is 6.07 Å². The van der Waals surface area contributed by atoms with E-state index < -0.39 is 0 Å². The van der Waals surface area contributed by atoms with Crippen molar-refractivity contribution in [2.45, 2.75) is 0 Å². The van der Waals surface area contributed by atoms with Gasteiger partial charge in [0.05, 0.1) is 12.0 Å². The van der Waals surface area contributed by atoms with Gasteiger partial charge in [-0.15, -0.1) is 0 Å². The van der Waals surface area contributed by atoms with Gasteiger partial charge in [-0.05, 0) is 23.8 Å². The number of imidazole rings is 1. The van der Waals surface area contributed by atoms with Gasteiger partial charge in [0, 0.05) is 18.0 Å². The SMILES string of the molecule is O=C(C=Cc1ccc(-n2ccnc2)c(F)c1)c1ccccc1. The Hall–Kier alpha value is -3.01. The largest absolute Gasteiger partial charge is 0.303 e. The van der Waals surface area contributed by atoms with Crippen LogP contribution < -0.4 is 0 Å². The van der Waals surface area contributed by atoms with E-state index in [4.69, 9.17) is 0 Å². The van der Waals surface area contributed by atoms with Crippen molar-refractivity contribution in [1.82, 2.24) is 9.55 Å². The summed E-state index contributed by atoms with van der Waals surface area (Å²) in [6.07, 6.45) is 7.85. The van der Waals surface area contributed by atoms with Crippen LogP contribution in [0.25, 0.3) is 11.8 Å². The molecule has 0 saturated carbocycles. The van der Waals surface area contributed by atoms with Gasteiger partial charge in [-0.25, -0.2) is 9.37 Å². The Labute approximate surface area is 127 Å². The van der Waals surface area contributed by atoms with Crippen molar-refractivity contribution < 1.29 is 9.18 Å². The third-order valence-corrected chi connectivity index (χ3v) is 3.24. The number of aromatic nitrogens is 2. The van der Waals surface area contributed by atoms with Crippen molar-refractivity contribution in [1.29, 1.82) is 0 Å². The summed E-state index contributed by atoms with van der Waals surface area (Å²) >= 11 is 0. The molecule has 1 heterocycles. The number of hydrogen-bond donors (Lipinski definition) is 0. The maximum atomic E-state index is 14.1. The molecule has 108 valence electrons. The molecule has 0 saturated heterocycles. The van der Waals surface area contributed by atoms with Gasteiger partial charge < -0.3 is 4.57 Å². The molecule has 0 amide bonds. The van der Waals surface area contributed by atoms with Crippen LogP contribution in [-0.2, 0) is 0 Å². The Morgan fingerprint density at radius 2 is 1.95 bits per heavy atom. The number of hydrogen-bond acceptors (Lipinski definition) is 2. The molecule has 3 nitrogen and oxygen atoms in total. The molecule has 0 N–H and O–H groups in total. The first-order chi connectivity index (χ1) is 10.7. The minimum atomic E-state index is -0.368. The van der Waals surface area contributed by atoms with Gasteiger partial charge in [-0.1, -0.05) is 42.5 Å². The molecule has 3 rings (SSSR count). The van der Waals surface area contributed by atoms with Crippen LogP contribution >= 0.6 is 0 Å². The van der Waals surface area contributed by atoms with E-state index in [9.17, 15) is 9.18 Å². The molecule has 1 aromatic heterocycles. The van der Waals surface area contributed by atoms with Crippen molar-refractivity contribution in [3.63, 3.8) is 0 Å². The topological polar surface area (TPSA) is 34.9 Å². The average Bonchev–Trinajstić information content (AvgIpc) is 3.07. The zero-order chi connectivity index (χ0) is 15.4. The number of ketones is 1. The van der Waals surface area contributed by atoms with Crippen LogP contribution in [-0.4, -0.2) is 15.3 Å². The van der Waals surface area contributed by atoms with E-state index in [2.05, 4.69) is 4.98 Å². The molecule has 4 heteroatoms. The van der Waals surface area contributed by atoms with E-state index >= 15 is 0 Å². The van der Waals surface area contributed by atoms with Gasteiger partial charge in [0.15, 0.2) is 5.78 Å². The first-order valence-corrected chi connectivity index (χ1v) is 6.79. The normalized spacial score (nSPS) is 11.0. The van der Waals surface area contributed by atoms with Crippen molar-refractivity contribution in [3.8, 4) is 5.69 Å². The summed E-state index contributed by atoms with van der Waals surface area (Å²) in [5.74, 6) is -0.480. The predicted octanol–water partition coefficient (Wildman–Crippen LogP) is 3.91. The standard InChI is InChI=1S/C18H13FN2O/c19-16-12-14(6-8-17(16)21-11-10-20-13-21)7-9-18(22)15-4-2-1-3-5-15/h1-13H. The highest BCUT2D eigenvalue weighted by atomic mass is 19.1. The van der Waals surface area contributed by atoms with Crippen LogP contribution in [0.15, 0.2) is 73.3 Å². The van der Waals surface area contributed by atoms with Gasteiger partial charge in [-0.2, -0.15) is 0 Å². The highest BCUT2D eigenvalue weighted by molar-refractivity contribution is 6.06. The fourth-order valence-corrected chi connectivity index (χ4v) is 2.11. The summed E-state index contributed by atoms with van der Waals surface area (Å²) < 4.78 is 15.7. The lowest BCUT2D eigenvalue weighted by atomic mass is 10.1. The highest BCUT2D eigenvalue weighted by Gasteiger charge is 2.05. The summed E-state index contributed by atoms with van der Waals surface area (Å²) in [5.41, 5.74) is 1.66. The number of allylic oxidation sites excluding steroid dienone is 1. The Bertz CT molecular complexity index is 808. The third kappa shape index (κ3) is 3.01. The van der Waals surface area contributed by atoms with Crippen LogP contribution in [0.3, 0.4) is 0 Å². The van der Waals surface area contributed by atoms with Gasteiger partial charge in [0.1, 0.15) is 5.82 Å². The first kappa shape index (κ1) is 13.9. The molecule has 0 aliphatic heterocycles. The minimum absolute atomic E-state index is 0.111.